The predicted octanol–water partition coefficient (Wildman–Crippen LogP) is 6.24. The summed E-state index contributed by atoms with van der Waals surface area (Å²) in [7, 11) is 0. The maximum Gasteiger partial charge on any atom is 0.159 e. The fourth-order valence-electron chi connectivity index (χ4n) is 4.73. The van der Waals surface area contributed by atoms with E-state index in [-0.39, 0.29) is 0 Å². The number of nitrogens with one attached hydrogen (secondary N) is 1. The van der Waals surface area contributed by atoms with Gasteiger partial charge in [-0.2, -0.15) is 0 Å². The molecule has 0 aliphatic heterocycles. The Hall–Kier alpha value is -2.46. The zero-order valence-electron chi connectivity index (χ0n) is 15.9. The third-order valence-electron chi connectivity index (χ3n) is 6.36. The molecule has 1 saturated carbocycles. The first-order valence-electron chi connectivity index (χ1n) is 10.0. The molecule has 3 aromatic heterocycles. The maximum absolute atomic E-state index is 6.12. The summed E-state index contributed by atoms with van der Waals surface area (Å²) in [6, 6.07) is 12.2. The first-order chi connectivity index (χ1) is 13.7. The molecule has 0 amide bonds. The number of halogens is 1. The Labute approximate surface area is 169 Å². The Morgan fingerprint density at radius 1 is 1.04 bits per heavy atom. The number of fused-ring (bicyclic) bond motifs is 2. The standard InChI is InChI=1S/C23H23ClN4/c1-14(22-27-20-9-8-17(24)13-21(20)28-22)15-4-6-16(7-5-15)18-10-12-26-23-19(18)3-2-11-25-23/h2-3,8-16H,4-7H2,1H3,(H,27,28). The fourth-order valence-corrected chi connectivity index (χ4v) is 4.90. The summed E-state index contributed by atoms with van der Waals surface area (Å²) < 4.78 is 0. The molecule has 0 radical (unpaired) electrons. The Morgan fingerprint density at radius 2 is 1.86 bits per heavy atom. The van der Waals surface area contributed by atoms with Crippen LogP contribution in [-0.2, 0) is 0 Å². The summed E-state index contributed by atoms with van der Waals surface area (Å²) in [5.41, 5.74) is 4.29. The molecular formula is C23H23ClN4. The molecule has 0 spiro atoms. The van der Waals surface area contributed by atoms with Crippen LogP contribution in [0.2, 0.25) is 5.02 Å². The molecule has 5 heteroatoms. The monoisotopic (exact) mass is 390 g/mol. The van der Waals surface area contributed by atoms with Crippen molar-refractivity contribution in [1.29, 1.82) is 0 Å². The van der Waals surface area contributed by atoms with Gasteiger partial charge in [0, 0.05) is 28.7 Å². The molecule has 1 fully saturated rings. The molecule has 5 rings (SSSR count). The average Bonchev–Trinajstić information content (AvgIpc) is 3.16. The second kappa shape index (κ2) is 7.17. The zero-order chi connectivity index (χ0) is 19.1. The quantitative estimate of drug-likeness (QED) is 0.450. The van der Waals surface area contributed by atoms with Gasteiger partial charge in [-0.05, 0) is 79.5 Å². The van der Waals surface area contributed by atoms with E-state index in [1.165, 1.54) is 36.6 Å². The van der Waals surface area contributed by atoms with Crippen LogP contribution in [0.25, 0.3) is 22.1 Å². The van der Waals surface area contributed by atoms with Crippen molar-refractivity contribution >= 4 is 33.7 Å². The molecule has 4 aromatic rings. The van der Waals surface area contributed by atoms with Gasteiger partial charge in [0.25, 0.3) is 0 Å². The minimum Gasteiger partial charge on any atom is -0.342 e. The molecule has 1 aromatic carbocycles. The number of benzene rings is 1. The second-order valence-corrected chi connectivity index (χ2v) is 8.40. The molecular weight excluding hydrogens is 368 g/mol. The minimum atomic E-state index is 0.419. The van der Waals surface area contributed by atoms with Crippen LogP contribution in [0.4, 0.5) is 0 Å². The summed E-state index contributed by atoms with van der Waals surface area (Å²) in [6.07, 6.45) is 8.56. The van der Waals surface area contributed by atoms with Crippen molar-refractivity contribution in [1.82, 2.24) is 19.9 Å². The number of hydrogen-bond donors (Lipinski definition) is 1. The topological polar surface area (TPSA) is 54.5 Å². The first kappa shape index (κ1) is 17.6. The van der Waals surface area contributed by atoms with Crippen molar-refractivity contribution in [2.75, 3.05) is 0 Å². The predicted molar refractivity (Wildman–Crippen MR) is 114 cm³/mol. The van der Waals surface area contributed by atoms with E-state index >= 15 is 0 Å². The highest BCUT2D eigenvalue weighted by atomic mass is 35.5. The molecule has 1 unspecified atom stereocenters. The van der Waals surface area contributed by atoms with Crippen LogP contribution >= 0.6 is 11.6 Å². The third kappa shape index (κ3) is 3.16. The lowest BCUT2D eigenvalue weighted by Gasteiger charge is -2.32. The van der Waals surface area contributed by atoms with Crippen LogP contribution in [0.1, 0.15) is 55.8 Å². The molecule has 1 aliphatic rings. The molecule has 1 aliphatic carbocycles. The van der Waals surface area contributed by atoms with Crippen molar-refractivity contribution in [3.63, 3.8) is 0 Å². The van der Waals surface area contributed by atoms with Crippen molar-refractivity contribution in [3.8, 4) is 0 Å². The second-order valence-electron chi connectivity index (χ2n) is 7.96. The Morgan fingerprint density at radius 3 is 2.71 bits per heavy atom. The van der Waals surface area contributed by atoms with Gasteiger partial charge in [-0.25, -0.2) is 15.0 Å². The molecule has 142 valence electrons. The van der Waals surface area contributed by atoms with Crippen LogP contribution in [0.3, 0.4) is 0 Å². The van der Waals surface area contributed by atoms with Crippen LogP contribution in [0.5, 0.6) is 0 Å². The number of H-pyrrole nitrogens is 1. The normalized spacial score (nSPS) is 21.2. The third-order valence-corrected chi connectivity index (χ3v) is 6.60. The number of rotatable bonds is 3. The van der Waals surface area contributed by atoms with Crippen LogP contribution in [0, 0.1) is 5.92 Å². The van der Waals surface area contributed by atoms with E-state index in [9.17, 15) is 0 Å². The molecule has 4 nitrogen and oxygen atoms in total. The summed E-state index contributed by atoms with van der Waals surface area (Å²) in [4.78, 5) is 17.1. The summed E-state index contributed by atoms with van der Waals surface area (Å²) >= 11 is 6.12. The van der Waals surface area contributed by atoms with E-state index in [1.54, 1.807) is 0 Å². The van der Waals surface area contributed by atoms with Gasteiger partial charge in [0.05, 0.1) is 11.0 Å². The van der Waals surface area contributed by atoms with Crippen molar-refractivity contribution in [2.24, 2.45) is 5.92 Å². The van der Waals surface area contributed by atoms with Crippen molar-refractivity contribution < 1.29 is 0 Å². The number of hydrogen-bond acceptors (Lipinski definition) is 3. The molecule has 0 bridgehead atoms. The van der Waals surface area contributed by atoms with E-state index < -0.39 is 0 Å². The Balaban J connectivity index is 1.33. The number of pyridine rings is 2. The number of aromatic nitrogens is 4. The van der Waals surface area contributed by atoms with Crippen molar-refractivity contribution in [3.05, 3.63) is 65.2 Å². The highest BCUT2D eigenvalue weighted by Gasteiger charge is 2.29. The van der Waals surface area contributed by atoms with Gasteiger partial charge >= 0.3 is 0 Å². The number of imidazole rings is 1. The molecule has 3 heterocycles. The van der Waals surface area contributed by atoms with Crippen LogP contribution < -0.4 is 0 Å². The highest BCUT2D eigenvalue weighted by Crippen LogP contribution is 2.42. The Bertz CT molecular complexity index is 1120. The molecule has 28 heavy (non-hydrogen) atoms. The minimum absolute atomic E-state index is 0.419. The first-order valence-corrected chi connectivity index (χ1v) is 10.4. The van der Waals surface area contributed by atoms with E-state index in [4.69, 9.17) is 16.6 Å². The smallest absolute Gasteiger partial charge is 0.159 e. The van der Waals surface area contributed by atoms with Crippen molar-refractivity contribution in [2.45, 2.75) is 44.4 Å². The lowest BCUT2D eigenvalue weighted by atomic mass is 9.73. The average molecular weight is 391 g/mol. The number of aromatic amines is 1. The van der Waals surface area contributed by atoms with E-state index in [2.05, 4.69) is 34.0 Å². The largest absolute Gasteiger partial charge is 0.342 e. The fraction of sp³-hybridized carbons (Fsp3) is 0.348. The van der Waals surface area contributed by atoms with Crippen LogP contribution in [-0.4, -0.2) is 19.9 Å². The lowest BCUT2D eigenvalue weighted by Crippen LogP contribution is -2.19. The van der Waals surface area contributed by atoms with Gasteiger partial charge in [-0.15, -0.1) is 0 Å². The molecule has 1 atom stereocenters. The summed E-state index contributed by atoms with van der Waals surface area (Å²) in [5, 5.41) is 1.95. The van der Waals surface area contributed by atoms with Gasteiger partial charge in [-0.1, -0.05) is 18.5 Å². The highest BCUT2D eigenvalue weighted by molar-refractivity contribution is 6.31. The molecule has 0 saturated heterocycles. The number of nitrogens with zero attached hydrogens (tertiary/aromatic N) is 3. The summed E-state index contributed by atoms with van der Waals surface area (Å²) in [5.74, 6) is 2.74. The molecule has 1 N–H and O–H groups in total. The summed E-state index contributed by atoms with van der Waals surface area (Å²) in [6.45, 7) is 2.30. The van der Waals surface area contributed by atoms with E-state index in [1.807, 2.05) is 36.7 Å². The van der Waals surface area contributed by atoms with Gasteiger partial charge in [0.1, 0.15) is 5.82 Å². The maximum atomic E-state index is 6.12. The lowest BCUT2D eigenvalue weighted by molar-refractivity contribution is 0.286. The Kier molecular flexibility index (Phi) is 4.52. The van der Waals surface area contributed by atoms with Crippen LogP contribution in [0.15, 0.2) is 48.8 Å². The van der Waals surface area contributed by atoms with Gasteiger partial charge in [0.2, 0.25) is 0 Å². The van der Waals surface area contributed by atoms with Gasteiger partial charge in [-0.3, -0.25) is 0 Å². The van der Waals surface area contributed by atoms with E-state index in [0.29, 0.717) is 17.8 Å². The van der Waals surface area contributed by atoms with E-state index in [0.717, 1.165) is 27.5 Å². The van der Waals surface area contributed by atoms with Gasteiger partial charge in [0.15, 0.2) is 5.65 Å². The SMILES string of the molecule is CC(c1nc2ccc(Cl)cc2[nH]1)C1CCC(c2ccnc3ncccc23)CC1. The van der Waals surface area contributed by atoms with Gasteiger partial charge < -0.3 is 4.98 Å². The zero-order valence-corrected chi connectivity index (χ0v) is 16.7.